The summed E-state index contributed by atoms with van der Waals surface area (Å²) in [5.41, 5.74) is 1.72. The molecule has 0 saturated carbocycles. The van der Waals surface area contributed by atoms with E-state index < -0.39 is 5.82 Å². The molecular weight excluding hydrogens is 380 g/mol. The molecule has 5 nitrogen and oxygen atoms in total. The lowest BCUT2D eigenvalue weighted by Gasteiger charge is -2.36. The molecule has 142 valence electrons. The van der Waals surface area contributed by atoms with E-state index in [0.29, 0.717) is 38.3 Å². The first-order valence-electron chi connectivity index (χ1n) is 8.89. The zero-order chi connectivity index (χ0) is 19.5. The maximum absolute atomic E-state index is 13.9. The molecule has 2 aromatic carbocycles. The molecule has 0 atom stereocenters. The van der Waals surface area contributed by atoms with E-state index in [4.69, 9.17) is 0 Å². The molecule has 0 amide bonds. The van der Waals surface area contributed by atoms with Gasteiger partial charge in [0.2, 0.25) is 5.13 Å². The summed E-state index contributed by atoms with van der Waals surface area (Å²) in [7, 11) is 0. The van der Waals surface area contributed by atoms with Crippen molar-refractivity contribution in [3.63, 3.8) is 0 Å². The topological polar surface area (TPSA) is 56.1 Å². The van der Waals surface area contributed by atoms with Crippen molar-refractivity contribution in [1.29, 1.82) is 5.26 Å². The van der Waals surface area contributed by atoms with Crippen molar-refractivity contribution < 1.29 is 8.78 Å². The Bertz CT molecular complexity index is 1000. The van der Waals surface area contributed by atoms with Crippen molar-refractivity contribution in [2.24, 2.45) is 0 Å². The summed E-state index contributed by atoms with van der Waals surface area (Å²) in [5, 5.41) is 19.5. The molecule has 4 rings (SSSR count). The molecule has 0 radical (unpaired) electrons. The van der Waals surface area contributed by atoms with E-state index in [2.05, 4.69) is 15.1 Å². The number of anilines is 2. The number of aromatic nitrogens is 2. The molecular formula is C20H17F2N5S. The Kier molecular flexibility index (Phi) is 5.17. The first kappa shape index (κ1) is 18.3. The number of nitrogens with zero attached hydrogens (tertiary/aromatic N) is 5. The van der Waals surface area contributed by atoms with Crippen molar-refractivity contribution in [2.45, 2.75) is 6.42 Å². The number of hydrogen-bond donors (Lipinski definition) is 0. The van der Waals surface area contributed by atoms with Gasteiger partial charge in [-0.05, 0) is 29.8 Å². The zero-order valence-electron chi connectivity index (χ0n) is 15.0. The molecule has 0 N–H and O–H groups in total. The van der Waals surface area contributed by atoms with Gasteiger partial charge in [-0.15, -0.1) is 10.2 Å². The number of rotatable bonds is 4. The van der Waals surface area contributed by atoms with E-state index in [1.807, 2.05) is 11.0 Å². The van der Waals surface area contributed by atoms with Crippen LogP contribution in [0.15, 0.2) is 42.5 Å². The third kappa shape index (κ3) is 3.80. The highest BCUT2D eigenvalue weighted by molar-refractivity contribution is 7.15. The lowest BCUT2D eigenvalue weighted by atomic mass is 10.1. The van der Waals surface area contributed by atoms with Gasteiger partial charge in [0.25, 0.3) is 0 Å². The zero-order valence-corrected chi connectivity index (χ0v) is 15.8. The van der Waals surface area contributed by atoms with Crippen molar-refractivity contribution in [3.05, 3.63) is 70.2 Å². The van der Waals surface area contributed by atoms with Gasteiger partial charge in [0, 0.05) is 32.6 Å². The third-order valence-corrected chi connectivity index (χ3v) is 5.70. The van der Waals surface area contributed by atoms with Gasteiger partial charge in [-0.3, -0.25) is 0 Å². The van der Waals surface area contributed by atoms with Crippen LogP contribution in [0.2, 0.25) is 0 Å². The molecule has 8 heteroatoms. The maximum atomic E-state index is 13.9. The molecule has 1 fully saturated rings. The van der Waals surface area contributed by atoms with Crippen LogP contribution in [-0.4, -0.2) is 36.4 Å². The second-order valence-corrected chi connectivity index (χ2v) is 7.54. The lowest BCUT2D eigenvalue weighted by molar-refractivity contribution is 0.616. The molecule has 0 bridgehead atoms. The van der Waals surface area contributed by atoms with Crippen molar-refractivity contribution in [2.75, 3.05) is 36.0 Å². The van der Waals surface area contributed by atoms with Crippen molar-refractivity contribution in [3.8, 4) is 6.07 Å². The molecule has 1 aliphatic rings. The Hall–Kier alpha value is -3.05. The van der Waals surface area contributed by atoms with E-state index in [1.54, 1.807) is 24.3 Å². The SMILES string of the molecule is N#Cc1c(F)cccc1N1CCN(c2nnc(Cc3ccc(F)cc3)s2)CC1. The maximum Gasteiger partial charge on any atom is 0.208 e. The largest absolute Gasteiger partial charge is 0.367 e. The minimum absolute atomic E-state index is 0.0912. The summed E-state index contributed by atoms with van der Waals surface area (Å²) in [6, 6.07) is 13.1. The highest BCUT2D eigenvalue weighted by Crippen LogP contribution is 2.27. The Morgan fingerprint density at radius 3 is 2.39 bits per heavy atom. The summed E-state index contributed by atoms with van der Waals surface area (Å²) in [5.74, 6) is -0.741. The van der Waals surface area contributed by atoms with Gasteiger partial charge in [0.15, 0.2) is 0 Å². The van der Waals surface area contributed by atoms with Crippen molar-refractivity contribution in [1.82, 2.24) is 10.2 Å². The molecule has 1 aliphatic heterocycles. The Morgan fingerprint density at radius 1 is 0.964 bits per heavy atom. The molecule has 0 spiro atoms. The number of piperazine rings is 1. The standard InChI is InChI=1S/C20H17F2N5S/c21-15-6-4-14(5-7-15)12-19-24-25-20(28-19)27-10-8-26(9-11-27)18-3-1-2-17(22)16(18)13-23/h1-7H,8-12H2. The van der Waals surface area contributed by atoms with Gasteiger partial charge in [0.1, 0.15) is 28.3 Å². The summed E-state index contributed by atoms with van der Waals surface area (Å²) in [6.07, 6.45) is 0.618. The van der Waals surface area contributed by atoms with Gasteiger partial charge in [-0.1, -0.05) is 29.5 Å². The number of halogens is 2. The highest BCUT2D eigenvalue weighted by atomic mass is 32.1. The molecule has 2 heterocycles. The van der Waals surface area contributed by atoms with E-state index >= 15 is 0 Å². The predicted molar refractivity (Wildman–Crippen MR) is 105 cm³/mol. The van der Waals surface area contributed by atoms with Crippen LogP contribution < -0.4 is 9.80 Å². The van der Waals surface area contributed by atoms with Crippen LogP contribution in [0.5, 0.6) is 0 Å². The highest BCUT2D eigenvalue weighted by Gasteiger charge is 2.23. The number of benzene rings is 2. The molecule has 1 saturated heterocycles. The molecule has 0 aliphatic carbocycles. The normalized spacial score (nSPS) is 14.2. The first-order valence-corrected chi connectivity index (χ1v) is 9.71. The summed E-state index contributed by atoms with van der Waals surface area (Å²) in [4.78, 5) is 4.17. The van der Waals surface area contributed by atoms with Gasteiger partial charge >= 0.3 is 0 Å². The van der Waals surface area contributed by atoms with Crippen LogP contribution in [0.4, 0.5) is 19.6 Å². The van der Waals surface area contributed by atoms with Crippen LogP contribution in [-0.2, 0) is 6.42 Å². The fraction of sp³-hybridized carbons (Fsp3) is 0.250. The fourth-order valence-corrected chi connectivity index (χ4v) is 4.17. The quantitative estimate of drug-likeness (QED) is 0.673. The van der Waals surface area contributed by atoms with E-state index in [1.165, 1.54) is 29.5 Å². The Labute approximate surface area is 165 Å². The Morgan fingerprint density at radius 2 is 1.68 bits per heavy atom. The molecule has 0 unspecified atom stereocenters. The van der Waals surface area contributed by atoms with Crippen LogP contribution in [0.3, 0.4) is 0 Å². The summed E-state index contributed by atoms with van der Waals surface area (Å²) in [6.45, 7) is 2.77. The van der Waals surface area contributed by atoms with Gasteiger partial charge in [0.05, 0.1) is 5.69 Å². The van der Waals surface area contributed by atoms with Crippen LogP contribution in [0.1, 0.15) is 16.1 Å². The van der Waals surface area contributed by atoms with Crippen LogP contribution >= 0.6 is 11.3 Å². The second-order valence-electron chi connectivity index (χ2n) is 6.50. The molecule has 3 aromatic rings. The molecule has 28 heavy (non-hydrogen) atoms. The average molecular weight is 397 g/mol. The fourth-order valence-electron chi connectivity index (χ4n) is 3.25. The minimum atomic E-state index is -0.489. The van der Waals surface area contributed by atoms with E-state index in [-0.39, 0.29) is 11.4 Å². The number of hydrogen-bond acceptors (Lipinski definition) is 6. The lowest BCUT2D eigenvalue weighted by Crippen LogP contribution is -2.46. The number of nitriles is 1. The van der Waals surface area contributed by atoms with Crippen LogP contribution in [0.25, 0.3) is 0 Å². The van der Waals surface area contributed by atoms with E-state index in [0.717, 1.165) is 15.7 Å². The first-order chi connectivity index (χ1) is 13.6. The van der Waals surface area contributed by atoms with Crippen molar-refractivity contribution >= 4 is 22.2 Å². The smallest absolute Gasteiger partial charge is 0.208 e. The molecule has 1 aromatic heterocycles. The van der Waals surface area contributed by atoms with Crippen LogP contribution in [0, 0.1) is 23.0 Å². The van der Waals surface area contributed by atoms with Gasteiger partial charge in [-0.25, -0.2) is 8.78 Å². The minimum Gasteiger partial charge on any atom is -0.367 e. The average Bonchev–Trinajstić information content (AvgIpc) is 3.18. The van der Waals surface area contributed by atoms with Gasteiger partial charge in [-0.2, -0.15) is 5.26 Å². The third-order valence-electron chi connectivity index (χ3n) is 4.72. The predicted octanol–water partition coefficient (Wildman–Crippen LogP) is 3.61. The Balaban J connectivity index is 1.41. The summed E-state index contributed by atoms with van der Waals surface area (Å²) >= 11 is 1.52. The summed E-state index contributed by atoms with van der Waals surface area (Å²) < 4.78 is 26.9. The van der Waals surface area contributed by atoms with E-state index in [9.17, 15) is 14.0 Å². The second kappa shape index (κ2) is 7.90. The van der Waals surface area contributed by atoms with Gasteiger partial charge < -0.3 is 9.80 Å². The monoisotopic (exact) mass is 397 g/mol.